The van der Waals surface area contributed by atoms with Crippen molar-refractivity contribution < 1.29 is 8.96 Å². The molecule has 0 saturated heterocycles. The minimum Gasteiger partial charge on any atom is -0.307 e. The molecule has 0 aliphatic heterocycles. The van der Waals surface area contributed by atoms with Gasteiger partial charge in [0.2, 0.25) is 5.52 Å². The Morgan fingerprint density at radius 2 is 1.40 bits per heavy atom. The number of fused-ring (bicyclic) bond motifs is 5. The quantitative estimate of drug-likeness (QED) is 0.116. The Morgan fingerprint density at radius 1 is 0.714 bits per heavy atom. The van der Waals surface area contributed by atoms with Gasteiger partial charge in [-0.15, -0.1) is 0 Å². The minimum atomic E-state index is -0.207. The highest BCUT2D eigenvalue weighted by atomic mass is 19.1. The average molecular weight is 556 g/mol. The Hall–Kier alpha value is -3.98. The first kappa shape index (κ1) is 26.9. The monoisotopic (exact) mass is 555 g/mol. The van der Waals surface area contributed by atoms with E-state index in [1.165, 1.54) is 71.5 Å². The second kappa shape index (κ2) is 9.26. The van der Waals surface area contributed by atoms with Gasteiger partial charge in [-0.1, -0.05) is 53.7 Å². The number of benzene rings is 4. The van der Waals surface area contributed by atoms with E-state index in [0.717, 1.165) is 16.4 Å². The second-order valence-corrected chi connectivity index (χ2v) is 13.4. The van der Waals surface area contributed by atoms with Gasteiger partial charge in [-0.2, -0.15) is 0 Å². The van der Waals surface area contributed by atoms with Crippen LogP contribution in [0.1, 0.15) is 87.1 Å². The van der Waals surface area contributed by atoms with Crippen molar-refractivity contribution in [1.82, 2.24) is 4.40 Å². The first-order chi connectivity index (χ1) is 20.0. The van der Waals surface area contributed by atoms with Crippen LogP contribution in [0.15, 0.2) is 60.8 Å². The molecule has 3 heterocycles. The number of pyridine rings is 2. The van der Waals surface area contributed by atoms with Crippen molar-refractivity contribution in [2.75, 3.05) is 0 Å². The molecule has 0 aliphatic carbocycles. The van der Waals surface area contributed by atoms with Gasteiger partial charge in [-0.05, 0) is 112 Å². The van der Waals surface area contributed by atoms with E-state index in [0.29, 0.717) is 17.8 Å². The molecule has 2 nitrogen and oxygen atoms in total. The molecule has 7 aromatic rings. The standard InChI is InChI=1S/C39H40FN2/c1-20(2)26-16-30(21(3)4)36(31(17-26)22(5)6)27-15-25-12-13-41(9)39-35-24(8)23(7)14-32-29-11-10-28(40)19-33(29)42(38(32)35)34(18-27)37(25)39/h10-22H,1-9H3/q+1. The molecule has 0 saturated carbocycles. The maximum absolute atomic E-state index is 14.9. The molecule has 4 aromatic carbocycles. The van der Waals surface area contributed by atoms with E-state index >= 15 is 0 Å². The fraction of sp³-hybridized carbons (Fsp3) is 0.308. The van der Waals surface area contributed by atoms with Gasteiger partial charge in [-0.25, -0.2) is 8.96 Å². The summed E-state index contributed by atoms with van der Waals surface area (Å²) in [5, 5.41) is 5.97. The van der Waals surface area contributed by atoms with Crippen LogP contribution in [0, 0.1) is 19.7 Å². The number of aromatic nitrogens is 2. The molecule has 0 unspecified atom stereocenters. The Labute approximate surface area is 247 Å². The second-order valence-electron chi connectivity index (χ2n) is 13.4. The number of nitrogens with zero attached hydrogens (tertiary/aromatic N) is 2. The van der Waals surface area contributed by atoms with Crippen LogP contribution >= 0.6 is 0 Å². The first-order valence-electron chi connectivity index (χ1n) is 15.4. The van der Waals surface area contributed by atoms with Crippen molar-refractivity contribution >= 4 is 49.0 Å². The van der Waals surface area contributed by atoms with Gasteiger partial charge in [0.25, 0.3) is 0 Å². The zero-order valence-corrected chi connectivity index (χ0v) is 26.3. The third kappa shape index (κ3) is 3.65. The third-order valence-corrected chi connectivity index (χ3v) is 9.65. The molecule has 3 aromatic heterocycles. The van der Waals surface area contributed by atoms with Crippen LogP contribution in [0.3, 0.4) is 0 Å². The Kier molecular flexibility index (Phi) is 5.93. The predicted octanol–water partition coefficient (Wildman–Crippen LogP) is 10.6. The smallest absolute Gasteiger partial charge is 0.224 e. The normalized spacial score (nSPS) is 12.7. The summed E-state index contributed by atoms with van der Waals surface area (Å²) in [5.74, 6) is 1.02. The summed E-state index contributed by atoms with van der Waals surface area (Å²) >= 11 is 0. The van der Waals surface area contributed by atoms with E-state index < -0.39 is 0 Å². The van der Waals surface area contributed by atoms with Gasteiger partial charge in [0, 0.05) is 16.8 Å². The molecule has 3 heteroatoms. The Balaban J connectivity index is 1.76. The molecule has 7 rings (SSSR count). The van der Waals surface area contributed by atoms with Crippen LogP contribution in [-0.4, -0.2) is 4.40 Å². The zero-order valence-electron chi connectivity index (χ0n) is 26.3. The van der Waals surface area contributed by atoms with Crippen molar-refractivity contribution in [3.05, 3.63) is 94.4 Å². The van der Waals surface area contributed by atoms with Crippen molar-refractivity contribution in [2.45, 2.75) is 73.1 Å². The van der Waals surface area contributed by atoms with Crippen LogP contribution in [-0.2, 0) is 7.05 Å². The van der Waals surface area contributed by atoms with E-state index in [9.17, 15) is 4.39 Å². The lowest BCUT2D eigenvalue weighted by Crippen LogP contribution is -2.29. The lowest BCUT2D eigenvalue weighted by Gasteiger charge is -2.24. The third-order valence-electron chi connectivity index (χ3n) is 9.65. The number of rotatable bonds is 4. The van der Waals surface area contributed by atoms with Crippen LogP contribution in [0.2, 0.25) is 0 Å². The van der Waals surface area contributed by atoms with E-state index in [-0.39, 0.29) is 5.82 Å². The summed E-state index contributed by atoms with van der Waals surface area (Å²) in [5.41, 5.74) is 13.8. The molecule has 0 amide bonds. The van der Waals surface area contributed by atoms with E-state index in [1.807, 2.05) is 6.07 Å². The summed E-state index contributed by atoms with van der Waals surface area (Å²) in [6, 6.07) is 19.4. The fourth-order valence-corrected chi connectivity index (χ4v) is 7.31. The number of hydrogen-bond acceptors (Lipinski definition) is 0. The minimum absolute atomic E-state index is 0.207. The van der Waals surface area contributed by atoms with Crippen molar-refractivity contribution in [1.29, 1.82) is 0 Å². The molecule has 0 aliphatic rings. The van der Waals surface area contributed by atoms with Crippen LogP contribution in [0.25, 0.3) is 60.1 Å². The van der Waals surface area contributed by atoms with Crippen molar-refractivity contribution in [3.63, 3.8) is 0 Å². The maximum Gasteiger partial charge on any atom is 0.224 e. The SMILES string of the molecule is Cc1cc2c3ccc(F)cc3n3c4cc(-c5c(C(C)C)cc(C(C)C)cc5C(C)C)cc5cc[n+](C)c(c(c1C)c23)c54. The molecular weight excluding hydrogens is 515 g/mol. The summed E-state index contributed by atoms with van der Waals surface area (Å²) < 4.78 is 19.5. The first-order valence-corrected chi connectivity index (χ1v) is 15.4. The zero-order chi connectivity index (χ0) is 29.8. The summed E-state index contributed by atoms with van der Waals surface area (Å²) in [6.45, 7) is 18.2. The van der Waals surface area contributed by atoms with Crippen LogP contribution in [0.5, 0.6) is 0 Å². The molecule has 42 heavy (non-hydrogen) atoms. The lowest BCUT2D eigenvalue weighted by atomic mass is 9.81. The lowest BCUT2D eigenvalue weighted by molar-refractivity contribution is -0.643. The maximum atomic E-state index is 14.9. The van der Waals surface area contributed by atoms with Gasteiger partial charge in [0.1, 0.15) is 12.9 Å². The molecule has 0 atom stereocenters. The molecule has 0 N–H and O–H groups in total. The topological polar surface area (TPSA) is 8.29 Å². The Morgan fingerprint density at radius 3 is 2.05 bits per heavy atom. The highest BCUT2D eigenvalue weighted by Crippen LogP contribution is 2.45. The molecule has 0 spiro atoms. The molecule has 212 valence electrons. The van der Waals surface area contributed by atoms with Crippen LogP contribution in [0.4, 0.5) is 4.39 Å². The van der Waals surface area contributed by atoms with Gasteiger partial charge in [0.15, 0.2) is 6.20 Å². The number of halogens is 1. The van der Waals surface area contributed by atoms with Gasteiger partial charge in [-0.3, -0.25) is 0 Å². The highest BCUT2D eigenvalue weighted by Gasteiger charge is 2.27. The van der Waals surface area contributed by atoms with E-state index in [4.69, 9.17) is 0 Å². The van der Waals surface area contributed by atoms with Gasteiger partial charge < -0.3 is 4.40 Å². The van der Waals surface area contributed by atoms with Crippen molar-refractivity contribution in [2.24, 2.45) is 7.05 Å². The predicted molar refractivity (Wildman–Crippen MR) is 177 cm³/mol. The number of aryl methyl sites for hydroxylation is 3. The number of hydrogen-bond donors (Lipinski definition) is 0. The molecular formula is C39H40FN2+. The molecule has 0 radical (unpaired) electrons. The van der Waals surface area contributed by atoms with Crippen LogP contribution < -0.4 is 4.57 Å². The largest absolute Gasteiger partial charge is 0.307 e. The Bertz CT molecular complexity index is 2180. The van der Waals surface area contributed by atoms with E-state index in [1.54, 1.807) is 12.1 Å². The van der Waals surface area contributed by atoms with Gasteiger partial charge >= 0.3 is 0 Å². The summed E-state index contributed by atoms with van der Waals surface area (Å²) in [6.07, 6.45) is 2.20. The van der Waals surface area contributed by atoms with Gasteiger partial charge in [0.05, 0.1) is 27.3 Å². The fourth-order valence-electron chi connectivity index (χ4n) is 7.31. The highest BCUT2D eigenvalue weighted by molar-refractivity contribution is 6.26. The summed E-state index contributed by atoms with van der Waals surface area (Å²) in [4.78, 5) is 0. The van der Waals surface area contributed by atoms with E-state index in [2.05, 4.69) is 114 Å². The summed E-state index contributed by atoms with van der Waals surface area (Å²) in [7, 11) is 2.15. The molecule has 0 bridgehead atoms. The average Bonchev–Trinajstić information content (AvgIpc) is 3.26. The van der Waals surface area contributed by atoms with Crippen molar-refractivity contribution in [3.8, 4) is 11.1 Å². The molecule has 0 fully saturated rings.